The number of hydrogen-bond acceptors (Lipinski definition) is 2. The molecule has 2 nitrogen and oxygen atoms in total. The van der Waals surface area contributed by atoms with Gasteiger partial charge in [0.1, 0.15) is 5.82 Å². The molecule has 94 valence electrons. The first-order valence-corrected chi connectivity index (χ1v) is 5.65. The lowest BCUT2D eigenvalue weighted by atomic mass is 10.1. The fourth-order valence-electron chi connectivity index (χ4n) is 1.59. The largest absolute Gasteiger partial charge is 0.465 e. The second kappa shape index (κ2) is 5.83. The Morgan fingerprint density at radius 3 is 2.63 bits per heavy atom. The van der Waals surface area contributed by atoms with Gasteiger partial charge in [-0.15, -0.1) is 0 Å². The summed E-state index contributed by atoms with van der Waals surface area (Å²) in [6, 6.07) is 12.9. The predicted molar refractivity (Wildman–Crippen MR) is 70.2 cm³/mol. The lowest BCUT2D eigenvalue weighted by molar-refractivity contribution is 0.0600. The van der Waals surface area contributed by atoms with E-state index in [4.69, 9.17) is 0 Å². The van der Waals surface area contributed by atoms with Crippen LogP contribution in [0, 0.1) is 17.7 Å². The van der Waals surface area contributed by atoms with E-state index in [9.17, 15) is 9.18 Å². The van der Waals surface area contributed by atoms with Gasteiger partial charge in [-0.25, -0.2) is 9.18 Å². The maximum atomic E-state index is 13.0. The Morgan fingerprint density at radius 2 is 1.89 bits per heavy atom. The minimum absolute atomic E-state index is 0.340. The molecule has 0 atom stereocenters. The van der Waals surface area contributed by atoms with Crippen molar-refractivity contribution in [1.82, 2.24) is 0 Å². The molecule has 0 saturated heterocycles. The number of rotatable bonds is 1. The van der Waals surface area contributed by atoms with Crippen LogP contribution in [0.5, 0.6) is 0 Å². The minimum atomic E-state index is -0.441. The van der Waals surface area contributed by atoms with Gasteiger partial charge in [0.25, 0.3) is 0 Å². The van der Waals surface area contributed by atoms with Crippen LogP contribution in [0.3, 0.4) is 0 Å². The van der Waals surface area contributed by atoms with E-state index in [1.807, 2.05) is 0 Å². The van der Waals surface area contributed by atoms with Crippen molar-refractivity contribution in [2.45, 2.75) is 0 Å². The fraction of sp³-hybridized carbons (Fsp3) is 0.0625. The monoisotopic (exact) mass is 254 g/mol. The van der Waals surface area contributed by atoms with Crippen LogP contribution in [0.15, 0.2) is 48.5 Å². The van der Waals surface area contributed by atoms with Crippen molar-refractivity contribution < 1.29 is 13.9 Å². The first-order chi connectivity index (χ1) is 9.20. The number of hydrogen-bond donors (Lipinski definition) is 0. The van der Waals surface area contributed by atoms with E-state index in [2.05, 4.69) is 16.6 Å². The molecule has 0 heterocycles. The first kappa shape index (κ1) is 12.8. The molecule has 0 aliphatic rings. The molecule has 0 bridgehead atoms. The van der Waals surface area contributed by atoms with Crippen molar-refractivity contribution in [2.75, 3.05) is 7.11 Å². The van der Waals surface area contributed by atoms with Crippen LogP contribution in [-0.4, -0.2) is 13.1 Å². The lowest BCUT2D eigenvalue weighted by Crippen LogP contribution is -2.03. The Hall–Kier alpha value is -2.60. The molecule has 0 aromatic heterocycles. The van der Waals surface area contributed by atoms with Crippen molar-refractivity contribution in [3.05, 3.63) is 71.0 Å². The molecule has 0 radical (unpaired) electrons. The predicted octanol–water partition coefficient (Wildman–Crippen LogP) is 3.01. The molecule has 0 fully saturated rings. The van der Waals surface area contributed by atoms with Crippen molar-refractivity contribution in [3.8, 4) is 11.8 Å². The Bertz CT molecular complexity index is 666. The number of methoxy groups -OCH3 is 1. The topological polar surface area (TPSA) is 26.3 Å². The fourth-order valence-corrected chi connectivity index (χ4v) is 1.59. The standard InChI is InChI=1S/C16H11FO2/c1-19-16(18)15-8-3-2-6-13(15)10-9-12-5-4-7-14(17)11-12/h2-8,11H,1H3. The normalized spacial score (nSPS) is 9.37. The van der Waals surface area contributed by atoms with Crippen LogP contribution in [0.25, 0.3) is 0 Å². The molecule has 0 aliphatic carbocycles. The molecule has 19 heavy (non-hydrogen) atoms. The summed E-state index contributed by atoms with van der Waals surface area (Å²) in [6.07, 6.45) is 0. The van der Waals surface area contributed by atoms with E-state index in [0.717, 1.165) is 0 Å². The zero-order valence-corrected chi connectivity index (χ0v) is 10.3. The molecule has 2 rings (SSSR count). The van der Waals surface area contributed by atoms with Crippen molar-refractivity contribution >= 4 is 5.97 Å². The maximum absolute atomic E-state index is 13.0. The lowest BCUT2D eigenvalue weighted by Gasteiger charge is -2.01. The molecule has 3 heteroatoms. The van der Waals surface area contributed by atoms with Gasteiger partial charge in [-0.05, 0) is 30.3 Å². The zero-order valence-electron chi connectivity index (χ0n) is 10.3. The van der Waals surface area contributed by atoms with E-state index in [1.54, 1.807) is 36.4 Å². The number of halogens is 1. The Balaban J connectivity index is 2.37. The second-order valence-electron chi connectivity index (χ2n) is 3.80. The summed E-state index contributed by atoms with van der Waals surface area (Å²) >= 11 is 0. The number of benzene rings is 2. The smallest absolute Gasteiger partial charge is 0.339 e. The second-order valence-corrected chi connectivity index (χ2v) is 3.80. The number of ether oxygens (including phenoxy) is 1. The molecular formula is C16H11FO2. The van der Waals surface area contributed by atoms with Gasteiger partial charge in [-0.1, -0.05) is 30.0 Å². The van der Waals surface area contributed by atoms with E-state index in [1.165, 1.54) is 19.2 Å². The third-order valence-corrected chi connectivity index (χ3v) is 2.50. The van der Waals surface area contributed by atoms with Crippen molar-refractivity contribution in [3.63, 3.8) is 0 Å². The SMILES string of the molecule is COC(=O)c1ccccc1C#Cc1cccc(F)c1. The first-order valence-electron chi connectivity index (χ1n) is 5.65. The van der Waals surface area contributed by atoms with Crippen LogP contribution in [0.2, 0.25) is 0 Å². The molecule has 0 N–H and O–H groups in total. The van der Waals surface area contributed by atoms with Gasteiger partial charge in [0, 0.05) is 11.1 Å². The van der Waals surface area contributed by atoms with Gasteiger partial charge in [0.05, 0.1) is 12.7 Å². The highest BCUT2D eigenvalue weighted by Crippen LogP contribution is 2.09. The zero-order chi connectivity index (χ0) is 13.7. The number of carbonyl (C=O) groups is 1. The van der Waals surface area contributed by atoms with Gasteiger partial charge in [0.2, 0.25) is 0 Å². The van der Waals surface area contributed by atoms with Gasteiger partial charge in [-0.2, -0.15) is 0 Å². The number of carbonyl (C=O) groups excluding carboxylic acids is 1. The van der Waals surface area contributed by atoms with Gasteiger partial charge < -0.3 is 4.74 Å². The van der Waals surface area contributed by atoms with Crippen molar-refractivity contribution in [1.29, 1.82) is 0 Å². The highest BCUT2D eigenvalue weighted by Gasteiger charge is 2.08. The molecular weight excluding hydrogens is 243 g/mol. The Kier molecular flexibility index (Phi) is 3.94. The summed E-state index contributed by atoms with van der Waals surface area (Å²) in [7, 11) is 1.32. The van der Waals surface area contributed by atoms with E-state index in [-0.39, 0.29) is 5.82 Å². The maximum Gasteiger partial charge on any atom is 0.339 e. The highest BCUT2D eigenvalue weighted by molar-refractivity contribution is 5.92. The molecule has 0 aliphatic heterocycles. The summed E-state index contributed by atoms with van der Waals surface area (Å²) in [5.41, 5.74) is 1.51. The molecule has 2 aromatic carbocycles. The third kappa shape index (κ3) is 3.20. The Morgan fingerprint density at radius 1 is 1.11 bits per heavy atom. The van der Waals surface area contributed by atoms with Gasteiger partial charge in [-0.3, -0.25) is 0 Å². The molecule has 0 saturated carbocycles. The van der Waals surface area contributed by atoms with Crippen LogP contribution < -0.4 is 0 Å². The quantitative estimate of drug-likeness (QED) is 0.577. The van der Waals surface area contributed by atoms with Gasteiger partial charge in [0.15, 0.2) is 0 Å². The van der Waals surface area contributed by atoms with Crippen LogP contribution in [0.1, 0.15) is 21.5 Å². The average molecular weight is 254 g/mol. The number of esters is 1. The van der Waals surface area contributed by atoms with Crippen LogP contribution in [-0.2, 0) is 4.74 Å². The van der Waals surface area contributed by atoms with Gasteiger partial charge >= 0.3 is 5.97 Å². The summed E-state index contributed by atoms with van der Waals surface area (Å²) in [4.78, 5) is 11.5. The van der Waals surface area contributed by atoms with Crippen LogP contribution >= 0.6 is 0 Å². The molecule has 0 unspecified atom stereocenters. The molecule has 0 amide bonds. The summed E-state index contributed by atoms with van der Waals surface area (Å²) in [5, 5.41) is 0. The van der Waals surface area contributed by atoms with E-state index in [0.29, 0.717) is 16.7 Å². The minimum Gasteiger partial charge on any atom is -0.465 e. The third-order valence-electron chi connectivity index (χ3n) is 2.50. The van der Waals surface area contributed by atoms with Crippen LogP contribution in [0.4, 0.5) is 4.39 Å². The molecule has 2 aromatic rings. The summed E-state index contributed by atoms with van der Waals surface area (Å²) < 4.78 is 17.7. The van der Waals surface area contributed by atoms with Crippen molar-refractivity contribution in [2.24, 2.45) is 0 Å². The Labute approximate surface area is 110 Å². The summed E-state index contributed by atoms with van der Waals surface area (Å²) in [6.45, 7) is 0. The van der Waals surface area contributed by atoms with E-state index < -0.39 is 5.97 Å². The summed E-state index contributed by atoms with van der Waals surface area (Å²) in [5.74, 6) is 4.90. The average Bonchev–Trinajstić information content (AvgIpc) is 2.45. The highest BCUT2D eigenvalue weighted by atomic mass is 19.1. The molecule has 0 spiro atoms. The van der Waals surface area contributed by atoms with E-state index >= 15 is 0 Å².